The molecule has 1 rings (SSSR count). The lowest BCUT2D eigenvalue weighted by Crippen LogP contribution is -2.64. The van der Waals surface area contributed by atoms with E-state index in [2.05, 4.69) is 0 Å². The fraction of sp³-hybridized carbons (Fsp3) is 1.00. The summed E-state index contributed by atoms with van der Waals surface area (Å²) in [6.07, 6.45) is -0.112. The molecule has 0 spiro atoms. The number of halogens is 4. The van der Waals surface area contributed by atoms with Crippen molar-refractivity contribution >= 4 is 11.6 Å². The Bertz CT molecular complexity index is 179. The Hall–Kier alpha value is 0.0800. The van der Waals surface area contributed by atoms with Gasteiger partial charge in [-0.2, -0.15) is 0 Å². The molecule has 2 atom stereocenters. The van der Waals surface area contributed by atoms with Gasteiger partial charge in [-0.25, -0.2) is 13.2 Å². The van der Waals surface area contributed by atoms with Crippen LogP contribution >= 0.6 is 11.6 Å². The maximum absolute atomic E-state index is 13.0. The van der Waals surface area contributed by atoms with Crippen molar-refractivity contribution in [1.82, 2.24) is 0 Å². The van der Waals surface area contributed by atoms with E-state index in [1.54, 1.807) is 6.92 Å². The first kappa shape index (κ1) is 9.17. The molecule has 1 aliphatic rings. The summed E-state index contributed by atoms with van der Waals surface area (Å²) in [6.45, 7) is 3.10. The van der Waals surface area contributed by atoms with E-state index in [0.717, 1.165) is 0 Å². The lowest BCUT2D eigenvalue weighted by Gasteiger charge is -2.53. The lowest BCUT2D eigenvalue weighted by atomic mass is 9.63. The van der Waals surface area contributed by atoms with E-state index in [-0.39, 0.29) is 0 Å². The van der Waals surface area contributed by atoms with Gasteiger partial charge < -0.3 is 0 Å². The molecule has 0 amide bonds. The molecule has 1 fully saturated rings. The SMILES string of the molecule is CCC1(C)CC(F)(F)C1(F)Cl. The lowest BCUT2D eigenvalue weighted by molar-refractivity contribution is -0.250. The van der Waals surface area contributed by atoms with Crippen LogP contribution in [0.25, 0.3) is 0 Å². The summed E-state index contributed by atoms with van der Waals surface area (Å²) in [5.41, 5.74) is -1.06. The maximum Gasteiger partial charge on any atom is 0.296 e. The molecule has 0 aromatic carbocycles. The first-order valence-electron chi connectivity index (χ1n) is 3.52. The summed E-state index contributed by atoms with van der Waals surface area (Å²) in [6, 6.07) is 0. The number of hydrogen-bond acceptors (Lipinski definition) is 0. The summed E-state index contributed by atoms with van der Waals surface area (Å²) in [5, 5.41) is -2.84. The topological polar surface area (TPSA) is 0 Å². The largest absolute Gasteiger partial charge is 0.296 e. The van der Waals surface area contributed by atoms with E-state index < -0.39 is 22.9 Å². The molecule has 0 saturated heterocycles. The van der Waals surface area contributed by atoms with Gasteiger partial charge in [0.1, 0.15) is 0 Å². The van der Waals surface area contributed by atoms with Crippen molar-refractivity contribution in [2.24, 2.45) is 5.41 Å². The molecule has 0 heterocycles. The molecule has 0 bridgehead atoms. The standard InChI is InChI=1S/C7H10ClF3/c1-3-5(2)4-6(9,10)7(5,8)11/h3-4H2,1-2H3. The minimum Gasteiger partial charge on any atom is -0.219 e. The van der Waals surface area contributed by atoms with E-state index in [1.165, 1.54) is 6.92 Å². The van der Waals surface area contributed by atoms with Crippen molar-refractivity contribution in [2.45, 2.75) is 37.7 Å². The number of rotatable bonds is 1. The van der Waals surface area contributed by atoms with Gasteiger partial charge in [-0.1, -0.05) is 25.4 Å². The van der Waals surface area contributed by atoms with Gasteiger partial charge in [0, 0.05) is 11.8 Å². The highest BCUT2D eigenvalue weighted by Gasteiger charge is 2.75. The Morgan fingerprint density at radius 3 is 1.91 bits per heavy atom. The van der Waals surface area contributed by atoms with Crippen molar-refractivity contribution in [2.75, 3.05) is 0 Å². The maximum atomic E-state index is 13.0. The van der Waals surface area contributed by atoms with Gasteiger partial charge in [0.25, 0.3) is 11.1 Å². The summed E-state index contributed by atoms with van der Waals surface area (Å²) >= 11 is 5.09. The average molecular weight is 187 g/mol. The molecule has 0 radical (unpaired) electrons. The second-order valence-electron chi connectivity index (χ2n) is 3.37. The molecule has 4 heteroatoms. The first-order chi connectivity index (χ1) is 4.77. The van der Waals surface area contributed by atoms with Crippen molar-refractivity contribution in [3.05, 3.63) is 0 Å². The van der Waals surface area contributed by atoms with Crippen LogP contribution in [0.2, 0.25) is 0 Å². The predicted octanol–water partition coefficient (Wildman–Crippen LogP) is 3.35. The number of hydrogen-bond donors (Lipinski definition) is 0. The quantitative estimate of drug-likeness (QED) is 0.551. The minimum absolute atomic E-state index is 0.336. The monoisotopic (exact) mass is 186 g/mol. The van der Waals surface area contributed by atoms with E-state index in [1.807, 2.05) is 0 Å². The van der Waals surface area contributed by atoms with Gasteiger partial charge >= 0.3 is 0 Å². The molecule has 2 unspecified atom stereocenters. The smallest absolute Gasteiger partial charge is 0.219 e. The highest BCUT2D eigenvalue weighted by atomic mass is 35.5. The van der Waals surface area contributed by atoms with Gasteiger partial charge in [0.2, 0.25) is 0 Å². The van der Waals surface area contributed by atoms with Crippen LogP contribution in [-0.4, -0.2) is 11.1 Å². The fourth-order valence-corrected chi connectivity index (χ4v) is 1.66. The minimum atomic E-state index is -3.35. The van der Waals surface area contributed by atoms with E-state index in [9.17, 15) is 13.2 Å². The summed E-state index contributed by atoms with van der Waals surface area (Å²) in [7, 11) is 0. The zero-order valence-corrected chi connectivity index (χ0v) is 7.18. The van der Waals surface area contributed by atoms with Crippen molar-refractivity contribution < 1.29 is 13.2 Å². The van der Waals surface area contributed by atoms with Crippen LogP contribution in [0.1, 0.15) is 26.7 Å². The highest BCUT2D eigenvalue weighted by molar-refractivity contribution is 6.24. The molecule has 1 aliphatic carbocycles. The van der Waals surface area contributed by atoms with Gasteiger partial charge in [0.05, 0.1) is 0 Å². The molecule has 0 nitrogen and oxygen atoms in total. The molecule has 1 saturated carbocycles. The first-order valence-corrected chi connectivity index (χ1v) is 3.90. The van der Waals surface area contributed by atoms with Gasteiger partial charge in [0.15, 0.2) is 0 Å². The molecule has 0 aromatic rings. The Balaban J connectivity index is 2.84. The van der Waals surface area contributed by atoms with Crippen LogP contribution < -0.4 is 0 Å². The Morgan fingerprint density at radius 2 is 1.82 bits per heavy atom. The molecular formula is C7H10ClF3. The van der Waals surface area contributed by atoms with Crippen LogP contribution in [0.15, 0.2) is 0 Å². The molecule has 0 aliphatic heterocycles. The number of alkyl halides is 4. The van der Waals surface area contributed by atoms with Gasteiger partial charge in [-0.15, -0.1) is 0 Å². The third kappa shape index (κ3) is 0.897. The Kier molecular flexibility index (Phi) is 1.72. The molecule has 0 N–H and O–H groups in total. The van der Waals surface area contributed by atoms with E-state index >= 15 is 0 Å². The third-order valence-corrected chi connectivity index (χ3v) is 3.34. The molecule has 0 aromatic heterocycles. The van der Waals surface area contributed by atoms with Crippen molar-refractivity contribution in [3.63, 3.8) is 0 Å². The van der Waals surface area contributed by atoms with Gasteiger partial charge in [-0.05, 0) is 6.42 Å². The zero-order valence-electron chi connectivity index (χ0n) is 6.43. The van der Waals surface area contributed by atoms with Crippen LogP contribution in [0.4, 0.5) is 13.2 Å². The average Bonchev–Trinajstić information content (AvgIpc) is 1.86. The summed E-state index contributed by atoms with van der Waals surface area (Å²) in [4.78, 5) is 0. The van der Waals surface area contributed by atoms with E-state index in [0.29, 0.717) is 6.42 Å². The van der Waals surface area contributed by atoms with E-state index in [4.69, 9.17) is 11.6 Å². The second-order valence-corrected chi connectivity index (χ2v) is 3.89. The predicted molar refractivity (Wildman–Crippen MR) is 37.7 cm³/mol. The Morgan fingerprint density at radius 1 is 1.36 bits per heavy atom. The summed E-state index contributed by atoms with van der Waals surface area (Å²) < 4.78 is 38.0. The molecule has 66 valence electrons. The van der Waals surface area contributed by atoms with Crippen molar-refractivity contribution in [1.29, 1.82) is 0 Å². The van der Waals surface area contributed by atoms with Crippen molar-refractivity contribution in [3.8, 4) is 0 Å². The zero-order chi connectivity index (χ0) is 8.91. The highest BCUT2D eigenvalue weighted by Crippen LogP contribution is 2.65. The van der Waals surface area contributed by atoms with Crippen LogP contribution in [-0.2, 0) is 0 Å². The summed E-state index contributed by atoms with van der Waals surface area (Å²) in [5.74, 6) is -3.35. The molecular weight excluding hydrogens is 177 g/mol. The van der Waals surface area contributed by atoms with Crippen LogP contribution in [0.5, 0.6) is 0 Å². The second kappa shape index (κ2) is 2.06. The normalized spacial score (nSPS) is 48.5. The van der Waals surface area contributed by atoms with Gasteiger partial charge in [-0.3, -0.25) is 0 Å². The van der Waals surface area contributed by atoms with Crippen LogP contribution in [0, 0.1) is 5.41 Å². The third-order valence-electron chi connectivity index (χ3n) is 2.61. The fourth-order valence-electron chi connectivity index (χ4n) is 1.39. The van der Waals surface area contributed by atoms with Crippen LogP contribution in [0.3, 0.4) is 0 Å². The Labute approximate surface area is 68.7 Å². The molecule has 11 heavy (non-hydrogen) atoms.